The van der Waals surface area contributed by atoms with E-state index in [2.05, 4.69) is 12.2 Å². The fraction of sp³-hybridized carbons (Fsp3) is 0.600. The van der Waals surface area contributed by atoms with Gasteiger partial charge in [0.2, 0.25) is 11.8 Å². The van der Waals surface area contributed by atoms with E-state index in [0.29, 0.717) is 26.1 Å². The zero-order valence-corrected chi connectivity index (χ0v) is 15.4. The molecule has 138 valence electrons. The molecule has 2 rings (SSSR count). The third-order valence-electron chi connectivity index (χ3n) is 4.53. The molecule has 1 N–H and O–H groups in total. The molecule has 1 aromatic carbocycles. The van der Waals surface area contributed by atoms with Gasteiger partial charge in [0.1, 0.15) is 11.8 Å². The molecule has 1 atom stereocenters. The smallest absolute Gasteiger partial charge is 0.242 e. The summed E-state index contributed by atoms with van der Waals surface area (Å²) in [5, 5.41) is 2.94. The molecule has 0 radical (unpaired) electrons. The van der Waals surface area contributed by atoms with Gasteiger partial charge in [-0.25, -0.2) is 0 Å². The Bertz CT molecular complexity index is 557. The average molecular weight is 346 g/mol. The van der Waals surface area contributed by atoms with Crippen LogP contribution in [0.3, 0.4) is 0 Å². The molecule has 1 aromatic rings. The molecule has 1 saturated heterocycles. The first kappa shape index (κ1) is 19.3. The molecule has 0 spiro atoms. The predicted octanol–water partition coefficient (Wildman–Crippen LogP) is 3.27. The van der Waals surface area contributed by atoms with E-state index < -0.39 is 0 Å². The quantitative estimate of drug-likeness (QED) is 0.786. The van der Waals surface area contributed by atoms with E-state index in [1.807, 2.05) is 31.2 Å². The van der Waals surface area contributed by atoms with Crippen LogP contribution in [0.25, 0.3) is 0 Å². The SMILES string of the molecule is CCCCC(=O)N(Cc1ccc(OCC)cc1)C1CCCCNC1=O. The minimum atomic E-state index is -0.363. The van der Waals surface area contributed by atoms with Crippen molar-refractivity contribution in [2.45, 2.75) is 65.0 Å². The largest absolute Gasteiger partial charge is 0.494 e. The van der Waals surface area contributed by atoms with E-state index >= 15 is 0 Å². The molecule has 0 aromatic heterocycles. The van der Waals surface area contributed by atoms with Crippen molar-refractivity contribution in [1.82, 2.24) is 10.2 Å². The van der Waals surface area contributed by atoms with Gasteiger partial charge in [-0.2, -0.15) is 0 Å². The standard InChI is InChI=1S/C20H30N2O3/c1-3-5-9-19(23)22(18-8-6-7-14-21-20(18)24)15-16-10-12-17(13-11-16)25-4-2/h10-13,18H,3-9,14-15H2,1-2H3,(H,21,24). The van der Waals surface area contributed by atoms with Gasteiger partial charge in [0.05, 0.1) is 6.61 Å². The summed E-state index contributed by atoms with van der Waals surface area (Å²) in [5.74, 6) is 0.869. The lowest BCUT2D eigenvalue weighted by Crippen LogP contribution is -2.48. The number of benzene rings is 1. The summed E-state index contributed by atoms with van der Waals surface area (Å²) in [6.45, 7) is 5.82. The van der Waals surface area contributed by atoms with E-state index in [9.17, 15) is 9.59 Å². The van der Waals surface area contributed by atoms with Gasteiger partial charge in [-0.3, -0.25) is 9.59 Å². The van der Waals surface area contributed by atoms with E-state index in [1.54, 1.807) is 4.90 Å². The van der Waals surface area contributed by atoms with Crippen LogP contribution in [-0.4, -0.2) is 35.9 Å². The number of unbranched alkanes of at least 4 members (excludes halogenated alkanes) is 1. The fourth-order valence-corrected chi connectivity index (χ4v) is 3.12. The summed E-state index contributed by atoms with van der Waals surface area (Å²) in [6, 6.07) is 7.42. The normalized spacial score (nSPS) is 17.5. The maximum Gasteiger partial charge on any atom is 0.242 e. The summed E-state index contributed by atoms with van der Waals surface area (Å²) < 4.78 is 5.47. The van der Waals surface area contributed by atoms with Crippen LogP contribution in [0.5, 0.6) is 5.75 Å². The van der Waals surface area contributed by atoms with Crippen molar-refractivity contribution in [1.29, 1.82) is 0 Å². The molecular formula is C20H30N2O3. The van der Waals surface area contributed by atoms with Crippen LogP contribution in [-0.2, 0) is 16.1 Å². The van der Waals surface area contributed by atoms with E-state index in [4.69, 9.17) is 4.74 Å². The maximum absolute atomic E-state index is 12.8. The van der Waals surface area contributed by atoms with Crippen molar-refractivity contribution in [2.75, 3.05) is 13.2 Å². The van der Waals surface area contributed by atoms with Crippen molar-refractivity contribution in [2.24, 2.45) is 0 Å². The van der Waals surface area contributed by atoms with Crippen molar-refractivity contribution in [3.63, 3.8) is 0 Å². The summed E-state index contributed by atoms with van der Waals surface area (Å²) >= 11 is 0. The molecule has 25 heavy (non-hydrogen) atoms. The first-order valence-electron chi connectivity index (χ1n) is 9.44. The van der Waals surface area contributed by atoms with Gasteiger partial charge in [0.25, 0.3) is 0 Å². The van der Waals surface area contributed by atoms with Gasteiger partial charge in [0, 0.05) is 19.5 Å². The zero-order chi connectivity index (χ0) is 18.1. The van der Waals surface area contributed by atoms with E-state index in [1.165, 1.54) is 0 Å². The van der Waals surface area contributed by atoms with E-state index in [0.717, 1.165) is 43.4 Å². The fourth-order valence-electron chi connectivity index (χ4n) is 3.12. The molecular weight excluding hydrogens is 316 g/mol. The minimum Gasteiger partial charge on any atom is -0.494 e. The predicted molar refractivity (Wildman–Crippen MR) is 98.3 cm³/mol. The highest BCUT2D eigenvalue weighted by Gasteiger charge is 2.30. The number of nitrogens with one attached hydrogen (secondary N) is 1. The molecule has 1 aliphatic rings. The second-order valence-corrected chi connectivity index (χ2v) is 6.50. The Morgan fingerprint density at radius 3 is 2.68 bits per heavy atom. The monoisotopic (exact) mass is 346 g/mol. The van der Waals surface area contributed by atoms with Gasteiger partial charge in [-0.1, -0.05) is 25.5 Å². The van der Waals surface area contributed by atoms with Gasteiger partial charge in [-0.05, 0) is 50.3 Å². The van der Waals surface area contributed by atoms with Gasteiger partial charge in [-0.15, -0.1) is 0 Å². The Hall–Kier alpha value is -2.04. The van der Waals surface area contributed by atoms with Crippen LogP contribution in [0, 0.1) is 0 Å². The van der Waals surface area contributed by atoms with Crippen molar-refractivity contribution in [3.05, 3.63) is 29.8 Å². The summed E-state index contributed by atoms with van der Waals surface area (Å²) in [7, 11) is 0. The Labute approximate surface area is 150 Å². The van der Waals surface area contributed by atoms with Crippen LogP contribution in [0.2, 0.25) is 0 Å². The topological polar surface area (TPSA) is 58.6 Å². The average Bonchev–Trinajstić information content (AvgIpc) is 2.83. The summed E-state index contributed by atoms with van der Waals surface area (Å²) in [4.78, 5) is 27.0. The molecule has 1 unspecified atom stereocenters. The molecule has 0 bridgehead atoms. The second-order valence-electron chi connectivity index (χ2n) is 6.50. The lowest BCUT2D eigenvalue weighted by Gasteiger charge is -2.30. The van der Waals surface area contributed by atoms with Crippen LogP contribution in [0.15, 0.2) is 24.3 Å². The van der Waals surface area contributed by atoms with Crippen LogP contribution >= 0.6 is 0 Å². The first-order valence-corrected chi connectivity index (χ1v) is 9.44. The molecule has 2 amide bonds. The van der Waals surface area contributed by atoms with Crippen molar-refractivity contribution in [3.8, 4) is 5.75 Å². The number of carbonyl (C=O) groups is 2. The number of amides is 2. The van der Waals surface area contributed by atoms with Gasteiger partial charge < -0.3 is 15.0 Å². The van der Waals surface area contributed by atoms with Crippen LogP contribution in [0.4, 0.5) is 0 Å². The third-order valence-corrected chi connectivity index (χ3v) is 4.53. The maximum atomic E-state index is 12.8. The van der Waals surface area contributed by atoms with Crippen LogP contribution < -0.4 is 10.1 Å². The third kappa shape index (κ3) is 5.76. The number of ether oxygens (including phenoxy) is 1. The Kier molecular flexibility index (Phi) is 7.76. The lowest BCUT2D eigenvalue weighted by atomic mass is 10.1. The highest BCUT2D eigenvalue weighted by Crippen LogP contribution is 2.20. The first-order chi connectivity index (χ1) is 12.2. The Morgan fingerprint density at radius 2 is 2.00 bits per heavy atom. The Balaban J connectivity index is 2.15. The van der Waals surface area contributed by atoms with Crippen molar-refractivity contribution >= 4 is 11.8 Å². The highest BCUT2D eigenvalue weighted by molar-refractivity contribution is 5.87. The number of hydrogen-bond acceptors (Lipinski definition) is 3. The Morgan fingerprint density at radius 1 is 1.24 bits per heavy atom. The van der Waals surface area contributed by atoms with Crippen LogP contribution in [0.1, 0.15) is 57.9 Å². The van der Waals surface area contributed by atoms with Gasteiger partial charge >= 0.3 is 0 Å². The minimum absolute atomic E-state index is 0.0201. The molecule has 1 aliphatic heterocycles. The molecule has 0 aliphatic carbocycles. The molecule has 1 fully saturated rings. The molecule has 5 nitrogen and oxygen atoms in total. The summed E-state index contributed by atoms with van der Waals surface area (Å²) in [6.07, 6.45) is 5.00. The molecule has 0 saturated carbocycles. The highest BCUT2D eigenvalue weighted by atomic mass is 16.5. The number of hydrogen-bond donors (Lipinski definition) is 1. The van der Waals surface area contributed by atoms with Gasteiger partial charge in [0.15, 0.2) is 0 Å². The number of nitrogens with zero attached hydrogens (tertiary/aromatic N) is 1. The number of rotatable bonds is 8. The molecule has 5 heteroatoms. The lowest BCUT2D eigenvalue weighted by molar-refractivity contribution is -0.141. The van der Waals surface area contributed by atoms with Crippen molar-refractivity contribution < 1.29 is 14.3 Å². The second kappa shape index (κ2) is 10.1. The molecule has 1 heterocycles. The number of carbonyl (C=O) groups excluding carboxylic acids is 2. The van der Waals surface area contributed by atoms with E-state index in [-0.39, 0.29) is 17.9 Å². The zero-order valence-electron chi connectivity index (χ0n) is 15.4. The summed E-state index contributed by atoms with van der Waals surface area (Å²) in [5.41, 5.74) is 1.02.